The molecule has 1 saturated heterocycles. The van der Waals surface area contributed by atoms with E-state index in [-0.39, 0.29) is 12.0 Å². The Labute approximate surface area is 191 Å². The van der Waals surface area contributed by atoms with Crippen molar-refractivity contribution in [1.29, 1.82) is 5.26 Å². The van der Waals surface area contributed by atoms with Crippen molar-refractivity contribution in [3.8, 4) is 6.07 Å². The first-order chi connectivity index (χ1) is 15.8. The fourth-order valence-electron chi connectivity index (χ4n) is 4.97. The summed E-state index contributed by atoms with van der Waals surface area (Å²) in [5, 5.41) is 9.54. The molecule has 1 aromatic carbocycles. The van der Waals surface area contributed by atoms with Gasteiger partial charge in [0.25, 0.3) is 0 Å². The first-order valence-corrected chi connectivity index (χ1v) is 10.5. The third kappa shape index (κ3) is 4.06. The van der Waals surface area contributed by atoms with Gasteiger partial charge in [0.05, 0.1) is 5.56 Å². The van der Waals surface area contributed by atoms with Gasteiger partial charge >= 0.3 is 12.4 Å². The number of amides is 1. The van der Waals surface area contributed by atoms with Crippen LogP contribution in [0.15, 0.2) is 30.3 Å². The number of piperidine rings is 1. The van der Waals surface area contributed by atoms with Gasteiger partial charge in [0.2, 0.25) is 5.91 Å². The van der Waals surface area contributed by atoms with Crippen LogP contribution in [0.4, 0.5) is 37.8 Å². The number of rotatable bonds is 3. The third-order valence-corrected chi connectivity index (χ3v) is 6.51. The normalized spacial score (nSPS) is 22.1. The molecule has 34 heavy (non-hydrogen) atoms. The van der Waals surface area contributed by atoms with Gasteiger partial charge in [-0.2, -0.15) is 31.6 Å². The van der Waals surface area contributed by atoms with E-state index in [4.69, 9.17) is 0 Å². The molecule has 2 bridgehead atoms. The zero-order valence-electron chi connectivity index (χ0n) is 18.2. The van der Waals surface area contributed by atoms with Crippen molar-refractivity contribution in [2.75, 3.05) is 16.8 Å². The third-order valence-electron chi connectivity index (χ3n) is 6.51. The van der Waals surface area contributed by atoms with Crippen LogP contribution in [0.3, 0.4) is 0 Å². The Morgan fingerprint density at radius 3 is 2.44 bits per heavy atom. The Kier molecular flexibility index (Phi) is 5.74. The summed E-state index contributed by atoms with van der Waals surface area (Å²) in [7, 11) is 1.51. The Hall–Kier alpha value is -3.29. The molecule has 11 heteroatoms. The summed E-state index contributed by atoms with van der Waals surface area (Å²) in [6, 6.07) is 6.73. The van der Waals surface area contributed by atoms with Crippen LogP contribution >= 0.6 is 0 Å². The number of nitrogens with zero attached hydrogens (tertiary/aromatic N) is 4. The average molecular weight is 482 g/mol. The van der Waals surface area contributed by atoms with Gasteiger partial charge in [-0.25, -0.2) is 4.98 Å². The number of aryl methyl sites for hydroxylation is 1. The van der Waals surface area contributed by atoms with E-state index in [0.29, 0.717) is 24.9 Å². The average Bonchev–Trinajstić information content (AvgIpc) is 3.37. The summed E-state index contributed by atoms with van der Waals surface area (Å²) in [5.41, 5.74) is -3.06. The van der Waals surface area contributed by atoms with Crippen LogP contribution in [0.5, 0.6) is 0 Å². The maximum Gasteiger partial charge on any atom is 0.433 e. The van der Waals surface area contributed by atoms with Crippen LogP contribution in [-0.2, 0) is 17.1 Å². The van der Waals surface area contributed by atoms with Crippen LogP contribution in [0, 0.1) is 24.2 Å². The maximum absolute atomic E-state index is 13.7. The van der Waals surface area contributed by atoms with E-state index in [1.54, 1.807) is 18.2 Å². The molecule has 5 nitrogen and oxygen atoms in total. The molecule has 3 atom stereocenters. The molecule has 2 fully saturated rings. The van der Waals surface area contributed by atoms with E-state index in [1.807, 2.05) is 13.0 Å². The van der Waals surface area contributed by atoms with E-state index >= 15 is 0 Å². The Morgan fingerprint density at radius 1 is 1.15 bits per heavy atom. The number of carbonyl (C=O) groups excluding carboxylic acids is 1. The van der Waals surface area contributed by atoms with E-state index in [0.717, 1.165) is 5.56 Å². The summed E-state index contributed by atoms with van der Waals surface area (Å²) >= 11 is 0. The fraction of sp³-hybridized carbons (Fsp3) is 0.435. The molecule has 2 aromatic rings. The first kappa shape index (κ1) is 23.9. The second-order valence-corrected chi connectivity index (χ2v) is 8.68. The van der Waals surface area contributed by atoms with Crippen molar-refractivity contribution in [3.63, 3.8) is 0 Å². The second-order valence-electron chi connectivity index (χ2n) is 8.68. The number of pyridine rings is 1. The minimum Gasteiger partial charge on any atom is -0.340 e. The predicted octanol–water partition coefficient (Wildman–Crippen LogP) is 5.32. The standard InChI is InChI=1S/C23H20F6N4O/c1-12-4-3-5-14(8-12)32(2)21(34)19-13-6-7-15(9-13)33(19)20-16(11-30)17(22(24,25)26)10-18(31-20)23(27,28)29/h3-5,8,10,13,15,19H,6-7,9H2,1-2H3/t13-,15+,19-/m0/s1. The van der Waals surface area contributed by atoms with Gasteiger partial charge in [0, 0.05) is 18.8 Å². The zero-order chi connectivity index (χ0) is 25.0. The molecule has 2 aliphatic rings. The Balaban J connectivity index is 1.85. The van der Waals surface area contributed by atoms with Crippen molar-refractivity contribution < 1.29 is 31.1 Å². The van der Waals surface area contributed by atoms with Crippen LogP contribution in [-0.4, -0.2) is 30.0 Å². The molecule has 0 unspecified atom stereocenters. The van der Waals surface area contributed by atoms with Gasteiger partial charge in [-0.05, 0) is 55.9 Å². The van der Waals surface area contributed by atoms with Crippen molar-refractivity contribution in [2.24, 2.45) is 5.92 Å². The number of alkyl halides is 6. The number of aromatic nitrogens is 1. The molecule has 0 N–H and O–H groups in total. The van der Waals surface area contributed by atoms with Gasteiger partial charge in [-0.1, -0.05) is 12.1 Å². The van der Waals surface area contributed by atoms with Gasteiger partial charge in [-0.3, -0.25) is 4.79 Å². The van der Waals surface area contributed by atoms with Crippen LogP contribution in [0.1, 0.15) is 41.6 Å². The summed E-state index contributed by atoms with van der Waals surface area (Å²) < 4.78 is 81.4. The van der Waals surface area contributed by atoms with Crippen molar-refractivity contribution in [2.45, 2.75) is 50.6 Å². The number of likely N-dealkylation sites (N-methyl/N-ethyl adjacent to an activating group) is 1. The smallest absolute Gasteiger partial charge is 0.340 e. The highest BCUT2D eigenvalue weighted by Crippen LogP contribution is 2.48. The monoisotopic (exact) mass is 482 g/mol. The van der Waals surface area contributed by atoms with Gasteiger partial charge in [-0.15, -0.1) is 0 Å². The second kappa shape index (κ2) is 8.18. The first-order valence-electron chi connectivity index (χ1n) is 10.5. The van der Waals surface area contributed by atoms with Crippen LogP contribution < -0.4 is 9.80 Å². The lowest BCUT2D eigenvalue weighted by molar-refractivity contribution is -0.145. The summed E-state index contributed by atoms with van der Waals surface area (Å²) in [6.07, 6.45) is -8.88. The molecule has 1 aliphatic carbocycles. The number of nitriles is 1. The number of anilines is 2. The molecule has 4 rings (SSSR count). The van der Waals surface area contributed by atoms with Gasteiger partial charge in [0.15, 0.2) is 0 Å². The summed E-state index contributed by atoms with van der Waals surface area (Å²) in [6.45, 7) is 1.83. The van der Waals surface area contributed by atoms with E-state index in [9.17, 15) is 36.4 Å². The maximum atomic E-state index is 13.7. The molecular formula is C23H20F6N4O. The molecule has 1 aromatic heterocycles. The molecule has 1 aliphatic heterocycles. The highest BCUT2D eigenvalue weighted by molar-refractivity contribution is 5.99. The number of halogens is 6. The molecule has 1 amide bonds. The lowest BCUT2D eigenvalue weighted by Crippen LogP contribution is -2.52. The molecule has 1 saturated carbocycles. The number of benzene rings is 1. The van der Waals surface area contributed by atoms with E-state index in [1.165, 1.54) is 22.9 Å². The number of fused-ring (bicyclic) bond motifs is 2. The zero-order valence-corrected chi connectivity index (χ0v) is 18.2. The highest BCUT2D eigenvalue weighted by atomic mass is 19.4. The predicted molar refractivity (Wildman–Crippen MR) is 111 cm³/mol. The summed E-state index contributed by atoms with van der Waals surface area (Å²) in [5.74, 6) is -1.50. The quantitative estimate of drug-likeness (QED) is 0.556. The topological polar surface area (TPSA) is 60.2 Å². The largest absolute Gasteiger partial charge is 0.433 e. The van der Waals surface area contributed by atoms with Crippen LogP contribution in [0.2, 0.25) is 0 Å². The van der Waals surface area contributed by atoms with E-state index in [2.05, 4.69) is 4.98 Å². The molecular weight excluding hydrogens is 462 g/mol. The van der Waals surface area contributed by atoms with Gasteiger partial charge in [0.1, 0.15) is 29.2 Å². The number of hydrogen-bond acceptors (Lipinski definition) is 4. The van der Waals surface area contributed by atoms with Crippen molar-refractivity contribution in [1.82, 2.24) is 4.98 Å². The highest BCUT2D eigenvalue weighted by Gasteiger charge is 2.53. The number of hydrogen-bond donors (Lipinski definition) is 0. The SMILES string of the molecule is Cc1cccc(N(C)C(=O)[C@@H]2[C@H]3CC[C@H](C3)N2c2nc(C(F)(F)F)cc(C(F)(F)F)c2C#N)c1. The van der Waals surface area contributed by atoms with Crippen LogP contribution in [0.25, 0.3) is 0 Å². The Morgan fingerprint density at radius 2 is 1.85 bits per heavy atom. The molecule has 0 spiro atoms. The van der Waals surface area contributed by atoms with Crippen molar-refractivity contribution >= 4 is 17.4 Å². The van der Waals surface area contributed by atoms with E-state index < -0.39 is 53.0 Å². The lowest BCUT2D eigenvalue weighted by Gasteiger charge is -2.38. The number of carbonyl (C=O) groups is 1. The molecule has 180 valence electrons. The fourth-order valence-corrected chi connectivity index (χ4v) is 4.97. The van der Waals surface area contributed by atoms with Gasteiger partial charge < -0.3 is 9.80 Å². The minimum atomic E-state index is -5.21. The minimum absolute atomic E-state index is 0.147. The molecule has 0 radical (unpaired) electrons. The van der Waals surface area contributed by atoms with Crippen molar-refractivity contribution in [3.05, 3.63) is 52.7 Å². The summed E-state index contributed by atoms with van der Waals surface area (Å²) in [4.78, 5) is 19.6. The lowest BCUT2D eigenvalue weighted by atomic mass is 9.96. The Bertz CT molecular complexity index is 1170. The molecule has 2 heterocycles.